The van der Waals surface area contributed by atoms with Crippen molar-refractivity contribution in [3.63, 3.8) is 0 Å². The average Bonchev–Trinajstić information content (AvgIpc) is 2.38. The molecule has 0 heterocycles. The average molecular weight is 228 g/mol. The lowest BCUT2D eigenvalue weighted by atomic mass is 9.65. The standard InChI is InChI=1S/C15H16O2/c16-13-10-11-6-2-3-7-12(11)14(17)15(13)8-4-1-5-9-15/h2-3,6-7,10,16H,1,4-5,8-9H2. The maximum Gasteiger partial charge on any atom is 0.177 e. The molecule has 0 aliphatic heterocycles. The molecule has 0 bridgehead atoms. The number of hydrogen-bond acceptors (Lipinski definition) is 2. The zero-order valence-corrected chi connectivity index (χ0v) is 9.78. The van der Waals surface area contributed by atoms with E-state index in [0.717, 1.165) is 36.8 Å². The number of allylic oxidation sites excluding steroid dienone is 1. The molecule has 0 radical (unpaired) electrons. The fraction of sp³-hybridized carbons (Fsp3) is 0.400. The van der Waals surface area contributed by atoms with Gasteiger partial charge in [0.2, 0.25) is 0 Å². The Morgan fingerprint density at radius 1 is 1.06 bits per heavy atom. The van der Waals surface area contributed by atoms with E-state index in [-0.39, 0.29) is 11.5 Å². The first-order valence-corrected chi connectivity index (χ1v) is 6.29. The van der Waals surface area contributed by atoms with Gasteiger partial charge >= 0.3 is 0 Å². The Kier molecular flexibility index (Phi) is 2.32. The van der Waals surface area contributed by atoms with Gasteiger partial charge < -0.3 is 5.11 Å². The topological polar surface area (TPSA) is 37.3 Å². The normalized spacial score (nSPS) is 22.1. The van der Waals surface area contributed by atoms with Crippen LogP contribution in [0.15, 0.2) is 30.0 Å². The second kappa shape index (κ2) is 3.73. The van der Waals surface area contributed by atoms with Crippen molar-refractivity contribution >= 4 is 11.9 Å². The molecule has 2 heteroatoms. The molecule has 0 atom stereocenters. The van der Waals surface area contributed by atoms with Gasteiger partial charge in [-0.15, -0.1) is 0 Å². The van der Waals surface area contributed by atoms with Crippen molar-refractivity contribution in [2.75, 3.05) is 0 Å². The zero-order chi connectivity index (χ0) is 11.9. The number of carbonyl (C=O) groups is 1. The highest BCUT2D eigenvalue weighted by Crippen LogP contribution is 2.47. The number of aliphatic hydroxyl groups excluding tert-OH is 1. The van der Waals surface area contributed by atoms with Gasteiger partial charge in [0.15, 0.2) is 5.78 Å². The lowest BCUT2D eigenvalue weighted by molar-refractivity contribution is 0.0691. The largest absolute Gasteiger partial charge is 0.511 e. The van der Waals surface area contributed by atoms with Gasteiger partial charge in [-0.25, -0.2) is 0 Å². The van der Waals surface area contributed by atoms with E-state index in [1.165, 1.54) is 6.42 Å². The molecule has 2 aliphatic carbocycles. The summed E-state index contributed by atoms with van der Waals surface area (Å²) in [6.45, 7) is 0. The summed E-state index contributed by atoms with van der Waals surface area (Å²) in [6.07, 6.45) is 6.61. The van der Waals surface area contributed by atoms with Crippen LogP contribution in [0, 0.1) is 5.41 Å². The Morgan fingerprint density at radius 3 is 2.53 bits per heavy atom. The van der Waals surface area contributed by atoms with Crippen molar-refractivity contribution < 1.29 is 9.90 Å². The minimum Gasteiger partial charge on any atom is -0.511 e. The first kappa shape index (κ1) is 10.6. The monoisotopic (exact) mass is 228 g/mol. The lowest BCUT2D eigenvalue weighted by Crippen LogP contribution is -2.37. The molecule has 2 nitrogen and oxygen atoms in total. The van der Waals surface area contributed by atoms with E-state index < -0.39 is 5.41 Å². The summed E-state index contributed by atoms with van der Waals surface area (Å²) in [6, 6.07) is 7.55. The third-order valence-corrected chi connectivity index (χ3v) is 4.13. The molecule has 3 rings (SSSR count). The van der Waals surface area contributed by atoms with Crippen LogP contribution in [0.5, 0.6) is 0 Å². The highest BCUT2D eigenvalue weighted by Gasteiger charge is 2.46. The minimum absolute atomic E-state index is 0.118. The number of hydrogen-bond donors (Lipinski definition) is 1. The molecule has 1 saturated carbocycles. The van der Waals surface area contributed by atoms with Gasteiger partial charge in [0.05, 0.1) is 5.41 Å². The van der Waals surface area contributed by atoms with Crippen molar-refractivity contribution in [3.05, 3.63) is 41.2 Å². The number of benzene rings is 1. The SMILES string of the molecule is O=C1c2ccccc2C=C(O)C12CCCCC2. The Balaban J connectivity index is 2.13. The van der Waals surface area contributed by atoms with Crippen molar-refractivity contribution in [1.29, 1.82) is 0 Å². The fourth-order valence-electron chi connectivity index (χ4n) is 3.13. The molecule has 1 N–H and O–H groups in total. The Morgan fingerprint density at radius 2 is 1.76 bits per heavy atom. The Bertz CT molecular complexity index is 493. The first-order chi connectivity index (χ1) is 8.24. The van der Waals surface area contributed by atoms with Crippen LogP contribution in [0.4, 0.5) is 0 Å². The van der Waals surface area contributed by atoms with Crippen LogP contribution in [-0.2, 0) is 0 Å². The van der Waals surface area contributed by atoms with E-state index in [0.29, 0.717) is 0 Å². The smallest absolute Gasteiger partial charge is 0.177 e. The maximum atomic E-state index is 12.6. The molecule has 88 valence electrons. The lowest BCUT2D eigenvalue weighted by Gasteiger charge is -2.37. The Hall–Kier alpha value is -1.57. The van der Waals surface area contributed by atoms with Gasteiger partial charge in [-0.2, -0.15) is 0 Å². The molecule has 0 amide bonds. The zero-order valence-electron chi connectivity index (χ0n) is 9.78. The van der Waals surface area contributed by atoms with Crippen LogP contribution in [0.1, 0.15) is 48.0 Å². The summed E-state index contributed by atoms with van der Waals surface area (Å²) in [5, 5.41) is 10.2. The van der Waals surface area contributed by atoms with Crippen LogP contribution in [0.25, 0.3) is 6.08 Å². The summed E-state index contributed by atoms with van der Waals surface area (Å²) >= 11 is 0. The van der Waals surface area contributed by atoms with Crippen molar-refractivity contribution in [1.82, 2.24) is 0 Å². The summed E-state index contributed by atoms with van der Waals surface area (Å²) in [4.78, 5) is 12.6. The second-order valence-corrected chi connectivity index (χ2v) is 5.09. The Labute approximate surface area is 101 Å². The van der Waals surface area contributed by atoms with Crippen LogP contribution in [-0.4, -0.2) is 10.9 Å². The summed E-state index contributed by atoms with van der Waals surface area (Å²) in [7, 11) is 0. The summed E-state index contributed by atoms with van der Waals surface area (Å²) in [5.74, 6) is 0.397. The van der Waals surface area contributed by atoms with E-state index in [9.17, 15) is 9.90 Å². The number of fused-ring (bicyclic) bond motifs is 1. The number of rotatable bonds is 0. The first-order valence-electron chi connectivity index (χ1n) is 6.29. The third kappa shape index (κ3) is 1.43. The number of ketones is 1. The van der Waals surface area contributed by atoms with Gasteiger partial charge in [-0.05, 0) is 24.5 Å². The molecular formula is C15H16O2. The molecule has 17 heavy (non-hydrogen) atoms. The molecule has 1 aromatic carbocycles. The second-order valence-electron chi connectivity index (χ2n) is 5.09. The minimum atomic E-state index is -0.605. The van der Waals surface area contributed by atoms with Crippen molar-refractivity contribution in [2.24, 2.45) is 5.41 Å². The van der Waals surface area contributed by atoms with Gasteiger partial charge in [0, 0.05) is 5.56 Å². The van der Waals surface area contributed by atoms with Crippen LogP contribution >= 0.6 is 0 Å². The van der Waals surface area contributed by atoms with Gasteiger partial charge in [0.1, 0.15) is 5.76 Å². The van der Waals surface area contributed by atoms with E-state index in [4.69, 9.17) is 0 Å². The highest BCUT2D eigenvalue weighted by molar-refractivity contribution is 6.07. The molecule has 1 fully saturated rings. The van der Waals surface area contributed by atoms with Crippen LogP contribution in [0.3, 0.4) is 0 Å². The van der Waals surface area contributed by atoms with E-state index in [2.05, 4.69) is 0 Å². The van der Waals surface area contributed by atoms with Gasteiger partial charge in [0.25, 0.3) is 0 Å². The van der Waals surface area contributed by atoms with Crippen LogP contribution in [0.2, 0.25) is 0 Å². The van der Waals surface area contributed by atoms with E-state index >= 15 is 0 Å². The molecule has 1 aromatic rings. The molecule has 0 saturated heterocycles. The fourth-order valence-corrected chi connectivity index (χ4v) is 3.13. The third-order valence-electron chi connectivity index (χ3n) is 4.13. The van der Waals surface area contributed by atoms with Gasteiger partial charge in [-0.1, -0.05) is 43.5 Å². The molecule has 2 aliphatic rings. The summed E-state index contributed by atoms with van der Waals surface area (Å²) in [5.41, 5.74) is 1.02. The predicted octanol–water partition coefficient (Wildman–Crippen LogP) is 3.73. The van der Waals surface area contributed by atoms with Crippen LogP contribution < -0.4 is 0 Å². The molecule has 1 spiro atoms. The van der Waals surface area contributed by atoms with Gasteiger partial charge in [-0.3, -0.25) is 4.79 Å². The molecular weight excluding hydrogens is 212 g/mol. The van der Waals surface area contributed by atoms with Crippen molar-refractivity contribution in [2.45, 2.75) is 32.1 Å². The van der Waals surface area contributed by atoms with Crippen molar-refractivity contribution in [3.8, 4) is 0 Å². The van der Waals surface area contributed by atoms with E-state index in [1.54, 1.807) is 6.08 Å². The van der Waals surface area contributed by atoms with E-state index in [1.807, 2.05) is 24.3 Å². The molecule has 0 aromatic heterocycles. The quantitative estimate of drug-likeness (QED) is 0.734. The molecule has 0 unspecified atom stereocenters. The highest BCUT2D eigenvalue weighted by atomic mass is 16.3. The maximum absolute atomic E-state index is 12.6. The number of Topliss-reactive ketones (excluding diaryl/α,β-unsaturated/α-hetero) is 1. The number of aliphatic hydroxyl groups is 1. The number of carbonyl (C=O) groups excluding carboxylic acids is 1. The summed E-state index contributed by atoms with van der Waals surface area (Å²) < 4.78 is 0. The predicted molar refractivity (Wildman–Crippen MR) is 66.9 cm³/mol.